The zero-order valence-corrected chi connectivity index (χ0v) is 11.9. The Kier molecular flexibility index (Phi) is 3.39. The number of aromatic nitrogens is 2. The fourth-order valence-electron chi connectivity index (χ4n) is 2.19. The zero-order chi connectivity index (χ0) is 14.8. The van der Waals surface area contributed by atoms with Crippen LogP contribution < -0.4 is 5.32 Å². The molecule has 0 fully saturated rings. The van der Waals surface area contributed by atoms with E-state index in [4.69, 9.17) is 4.42 Å². The Morgan fingerprint density at radius 3 is 2.71 bits per heavy atom. The van der Waals surface area contributed by atoms with E-state index in [0.29, 0.717) is 17.8 Å². The lowest BCUT2D eigenvalue weighted by atomic mass is 10.2. The lowest BCUT2D eigenvalue weighted by Gasteiger charge is -2.04. The fraction of sp³-hybridized carbons (Fsp3) is 0.188. The highest BCUT2D eigenvalue weighted by Crippen LogP contribution is 2.13. The number of benzene rings is 1. The van der Waals surface area contributed by atoms with Crippen LogP contribution in [-0.4, -0.2) is 15.9 Å². The van der Waals surface area contributed by atoms with Crippen molar-refractivity contribution in [3.8, 4) is 0 Å². The van der Waals surface area contributed by atoms with Crippen molar-refractivity contribution in [1.29, 1.82) is 0 Å². The molecule has 21 heavy (non-hydrogen) atoms. The van der Waals surface area contributed by atoms with Gasteiger partial charge in [0.15, 0.2) is 0 Å². The number of fused-ring (bicyclic) bond motifs is 1. The van der Waals surface area contributed by atoms with Crippen LogP contribution in [0.1, 0.15) is 27.6 Å². The Morgan fingerprint density at radius 2 is 2.00 bits per heavy atom. The van der Waals surface area contributed by atoms with Gasteiger partial charge in [0.1, 0.15) is 17.2 Å². The van der Waals surface area contributed by atoms with Crippen LogP contribution in [0, 0.1) is 13.8 Å². The third-order valence-corrected chi connectivity index (χ3v) is 3.26. The van der Waals surface area contributed by atoms with Crippen molar-refractivity contribution in [1.82, 2.24) is 15.3 Å². The fourth-order valence-corrected chi connectivity index (χ4v) is 2.19. The van der Waals surface area contributed by atoms with Crippen molar-refractivity contribution in [2.45, 2.75) is 20.4 Å². The maximum Gasteiger partial charge on any atom is 0.271 e. The summed E-state index contributed by atoms with van der Waals surface area (Å²) in [5.41, 5.74) is 2.76. The van der Waals surface area contributed by atoms with Crippen LogP contribution in [0.5, 0.6) is 0 Å². The first-order valence-corrected chi connectivity index (χ1v) is 6.69. The highest BCUT2D eigenvalue weighted by Gasteiger charge is 2.11. The SMILES string of the molecule is Cc1cc(CNC(=O)c2cnc3ccccc3n2)c(C)o1. The van der Waals surface area contributed by atoms with Crippen LogP contribution >= 0.6 is 0 Å². The van der Waals surface area contributed by atoms with Crippen LogP contribution in [0.3, 0.4) is 0 Å². The van der Waals surface area contributed by atoms with E-state index in [-0.39, 0.29) is 5.91 Å². The van der Waals surface area contributed by atoms with Gasteiger partial charge < -0.3 is 9.73 Å². The Bertz CT molecular complexity index is 808. The first-order valence-electron chi connectivity index (χ1n) is 6.69. The quantitative estimate of drug-likeness (QED) is 0.801. The Labute approximate surface area is 122 Å². The van der Waals surface area contributed by atoms with Crippen LogP contribution in [0.15, 0.2) is 40.9 Å². The Morgan fingerprint density at radius 1 is 1.24 bits per heavy atom. The topological polar surface area (TPSA) is 68.0 Å². The van der Waals surface area contributed by atoms with E-state index in [1.54, 1.807) is 0 Å². The van der Waals surface area contributed by atoms with Gasteiger partial charge in [0.05, 0.1) is 17.2 Å². The minimum atomic E-state index is -0.244. The largest absolute Gasteiger partial charge is 0.466 e. The van der Waals surface area contributed by atoms with Crippen molar-refractivity contribution in [2.24, 2.45) is 0 Å². The molecule has 3 aromatic rings. The second kappa shape index (κ2) is 5.36. The van der Waals surface area contributed by atoms with Gasteiger partial charge in [-0.1, -0.05) is 12.1 Å². The van der Waals surface area contributed by atoms with Gasteiger partial charge in [-0.15, -0.1) is 0 Å². The summed E-state index contributed by atoms with van der Waals surface area (Å²) in [6.45, 7) is 4.17. The van der Waals surface area contributed by atoms with Crippen LogP contribution in [-0.2, 0) is 6.54 Å². The van der Waals surface area contributed by atoms with Crippen LogP contribution in [0.25, 0.3) is 11.0 Å². The molecule has 0 bridgehead atoms. The van der Waals surface area contributed by atoms with Gasteiger partial charge in [-0.3, -0.25) is 9.78 Å². The molecule has 0 aliphatic rings. The molecule has 1 N–H and O–H groups in total. The van der Waals surface area contributed by atoms with Gasteiger partial charge in [-0.2, -0.15) is 0 Å². The highest BCUT2D eigenvalue weighted by atomic mass is 16.3. The lowest BCUT2D eigenvalue weighted by Crippen LogP contribution is -2.24. The lowest BCUT2D eigenvalue weighted by molar-refractivity contribution is 0.0946. The van der Waals surface area contributed by atoms with Gasteiger partial charge in [-0.05, 0) is 32.0 Å². The van der Waals surface area contributed by atoms with Crippen molar-refractivity contribution >= 4 is 16.9 Å². The van der Waals surface area contributed by atoms with Gasteiger partial charge >= 0.3 is 0 Å². The number of carbonyl (C=O) groups excluding carboxylic acids is 1. The molecule has 0 saturated heterocycles. The summed E-state index contributed by atoms with van der Waals surface area (Å²) in [4.78, 5) is 20.7. The summed E-state index contributed by atoms with van der Waals surface area (Å²) in [7, 11) is 0. The predicted octanol–water partition coefficient (Wildman–Crippen LogP) is 2.77. The molecular weight excluding hydrogens is 266 g/mol. The van der Waals surface area contributed by atoms with Crippen LogP contribution in [0.4, 0.5) is 0 Å². The van der Waals surface area contributed by atoms with E-state index in [1.165, 1.54) is 6.20 Å². The zero-order valence-electron chi connectivity index (χ0n) is 11.9. The first-order chi connectivity index (χ1) is 10.1. The number of carbonyl (C=O) groups is 1. The molecule has 5 heteroatoms. The Hall–Kier alpha value is -2.69. The summed E-state index contributed by atoms with van der Waals surface area (Å²) in [6.07, 6.45) is 1.49. The standard InChI is InChI=1S/C16H15N3O2/c1-10-7-12(11(2)21-10)8-18-16(20)15-9-17-13-5-3-4-6-14(13)19-15/h3-7,9H,8H2,1-2H3,(H,18,20). The van der Waals surface area contributed by atoms with E-state index in [9.17, 15) is 4.79 Å². The molecule has 0 unspecified atom stereocenters. The molecular formula is C16H15N3O2. The first kappa shape index (κ1) is 13.3. The molecule has 2 heterocycles. The van der Waals surface area contributed by atoms with E-state index in [2.05, 4.69) is 15.3 Å². The number of hydrogen-bond acceptors (Lipinski definition) is 4. The third-order valence-electron chi connectivity index (χ3n) is 3.26. The smallest absolute Gasteiger partial charge is 0.271 e. The molecule has 0 spiro atoms. The maximum absolute atomic E-state index is 12.1. The molecule has 0 radical (unpaired) electrons. The molecule has 1 aromatic carbocycles. The minimum Gasteiger partial charge on any atom is -0.466 e. The Balaban J connectivity index is 1.76. The van der Waals surface area contributed by atoms with Gasteiger partial charge in [-0.25, -0.2) is 4.98 Å². The van der Waals surface area contributed by atoms with E-state index < -0.39 is 0 Å². The van der Waals surface area contributed by atoms with E-state index >= 15 is 0 Å². The van der Waals surface area contributed by atoms with E-state index in [0.717, 1.165) is 22.6 Å². The van der Waals surface area contributed by atoms with Crippen molar-refractivity contribution < 1.29 is 9.21 Å². The number of para-hydroxylation sites is 2. The number of furan rings is 1. The number of hydrogen-bond donors (Lipinski definition) is 1. The number of nitrogens with one attached hydrogen (secondary N) is 1. The third kappa shape index (κ3) is 2.76. The molecule has 0 saturated carbocycles. The molecule has 5 nitrogen and oxygen atoms in total. The predicted molar refractivity (Wildman–Crippen MR) is 78.9 cm³/mol. The molecule has 0 aliphatic heterocycles. The molecule has 3 rings (SSSR count). The summed E-state index contributed by atoms with van der Waals surface area (Å²) < 4.78 is 5.43. The van der Waals surface area contributed by atoms with Crippen molar-refractivity contribution in [3.05, 3.63) is 59.3 Å². The number of nitrogens with zero attached hydrogens (tertiary/aromatic N) is 2. The molecule has 2 aromatic heterocycles. The normalized spacial score (nSPS) is 10.8. The minimum absolute atomic E-state index is 0.244. The second-order valence-electron chi connectivity index (χ2n) is 4.87. The maximum atomic E-state index is 12.1. The molecule has 106 valence electrons. The summed E-state index contributed by atoms with van der Waals surface area (Å²) in [5, 5.41) is 2.83. The average molecular weight is 281 g/mol. The van der Waals surface area contributed by atoms with Crippen molar-refractivity contribution in [2.75, 3.05) is 0 Å². The number of amides is 1. The molecule has 0 aliphatic carbocycles. The van der Waals surface area contributed by atoms with Gasteiger partial charge in [0.2, 0.25) is 0 Å². The summed E-state index contributed by atoms with van der Waals surface area (Å²) in [6, 6.07) is 9.38. The second-order valence-corrected chi connectivity index (χ2v) is 4.87. The summed E-state index contributed by atoms with van der Waals surface area (Å²) in [5.74, 6) is 1.41. The van der Waals surface area contributed by atoms with Crippen LogP contribution in [0.2, 0.25) is 0 Å². The average Bonchev–Trinajstić information content (AvgIpc) is 2.82. The molecule has 0 atom stereocenters. The van der Waals surface area contributed by atoms with Gasteiger partial charge in [0, 0.05) is 12.1 Å². The number of rotatable bonds is 3. The van der Waals surface area contributed by atoms with E-state index in [1.807, 2.05) is 44.2 Å². The highest BCUT2D eigenvalue weighted by molar-refractivity contribution is 5.93. The monoisotopic (exact) mass is 281 g/mol. The molecule has 1 amide bonds. The number of aryl methyl sites for hydroxylation is 2. The van der Waals surface area contributed by atoms with Gasteiger partial charge in [0.25, 0.3) is 5.91 Å². The summed E-state index contributed by atoms with van der Waals surface area (Å²) >= 11 is 0. The van der Waals surface area contributed by atoms with Crippen molar-refractivity contribution in [3.63, 3.8) is 0 Å².